The lowest BCUT2D eigenvalue weighted by Crippen LogP contribution is -1.89. The Morgan fingerprint density at radius 1 is 1.33 bits per heavy atom. The molecule has 0 bridgehead atoms. The van der Waals surface area contributed by atoms with Crippen LogP contribution in [0.2, 0.25) is 0 Å². The molecule has 0 fully saturated rings. The van der Waals surface area contributed by atoms with Crippen LogP contribution in [0.15, 0.2) is 0 Å². The van der Waals surface area contributed by atoms with Gasteiger partial charge in [0.1, 0.15) is 0 Å². The van der Waals surface area contributed by atoms with Crippen LogP contribution < -0.4 is 0 Å². The van der Waals surface area contributed by atoms with Gasteiger partial charge in [0.05, 0.1) is 0 Å². The second-order valence-electron chi connectivity index (χ2n) is 0.785. The van der Waals surface area contributed by atoms with E-state index in [9.17, 15) is 0 Å². The van der Waals surface area contributed by atoms with Crippen LogP contribution in [0.3, 0.4) is 0 Å². The van der Waals surface area contributed by atoms with E-state index >= 15 is 0 Å². The van der Waals surface area contributed by atoms with Crippen molar-refractivity contribution in [2.75, 3.05) is 14.1 Å². The molecule has 4 heteroatoms. The molecule has 0 unspecified atom stereocenters. The van der Waals surface area contributed by atoms with Crippen molar-refractivity contribution < 1.29 is 0 Å². The van der Waals surface area contributed by atoms with Gasteiger partial charge in [-0.15, -0.1) is 0 Å². The van der Waals surface area contributed by atoms with Gasteiger partial charge >= 0.3 is 0 Å². The maximum atomic E-state index is 5.11. The van der Waals surface area contributed by atoms with Gasteiger partial charge in [0, 0.05) is 14.1 Å². The molecule has 0 aromatic carbocycles. The fraction of sp³-hybridized carbons (Fsp3) is 1.00. The van der Waals surface area contributed by atoms with Gasteiger partial charge in [-0.1, -0.05) is 0 Å². The molecule has 0 saturated carbocycles. The standard InChI is InChI=1S/C2H6ClN.H6Si2/c1-4(2)3;1-2/h1-2H3;1-2H3. The monoisotopic (exact) mass is 141 g/mol. The summed E-state index contributed by atoms with van der Waals surface area (Å²) in [5.41, 5.74) is 0. The highest BCUT2D eigenvalue weighted by atomic mass is 35.5. The van der Waals surface area contributed by atoms with Crippen LogP contribution in [0.25, 0.3) is 0 Å². The largest absolute Gasteiger partial charge is 0.226 e. The molecule has 0 atom stereocenters. The van der Waals surface area contributed by atoms with Gasteiger partial charge in [-0.05, 0) is 31.3 Å². The van der Waals surface area contributed by atoms with Gasteiger partial charge in [0.25, 0.3) is 0 Å². The van der Waals surface area contributed by atoms with Crippen LogP contribution in [0.1, 0.15) is 0 Å². The van der Waals surface area contributed by atoms with Crippen LogP contribution >= 0.6 is 11.8 Å². The lowest BCUT2D eigenvalue weighted by molar-refractivity contribution is 0.681. The molecule has 0 aromatic rings. The molecule has 0 aromatic heterocycles. The molecule has 6 heavy (non-hydrogen) atoms. The molecule has 0 spiro atoms. The quantitative estimate of drug-likeness (QED) is 0.288. The van der Waals surface area contributed by atoms with Crippen LogP contribution in [0.5, 0.6) is 0 Å². The Bertz CT molecular complexity index is 16.3. The zero-order valence-corrected chi connectivity index (χ0v) is 9.58. The first-order valence-electron chi connectivity index (χ1n) is 2.06. The van der Waals surface area contributed by atoms with Gasteiger partial charge in [-0.3, -0.25) is 0 Å². The minimum absolute atomic E-state index is 1.44. The maximum Gasteiger partial charge on any atom is 0.00209 e. The summed E-state index contributed by atoms with van der Waals surface area (Å²) in [4.78, 5) is 0. The van der Waals surface area contributed by atoms with Crippen molar-refractivity contribution in [2.45, 2.75) is 0 Å². The second kappa shape index (κ2) is 9.19. The highest BCUT2D eigenvalue weighted by Crippen LogP contribution is 1.71. The average Bonchev–Trinajstić information content (AvgIpc) is 1.41. The van der Waals surface area contributed by atoms with Crippen molar-refractivity contribution in [2.24, 2.45) is 0 Å². The summed E-state index contributed by atoms with van der Waals surface area (Å²) in [5, 5.41) is 0. The lowest BCUT2D eigenvalue weighted by atomic mass is 11.3. The molecule has 0 aliphatic heterocycles. The topological polar surface area (TPSA) is 3.24 Å². The minimum atomic E-state index is 1.44. The summed E-state index contributed by atoms with van der Waals surface area (Å²) in [7, 11) is 6.42. The van der Waals surface area contributed by atoms with Crippen molar-refractivity contribution in [3.05, 3.63) is 0 Å². The van der Waals surface area contributed by atoms with Crippen molar-refractivity contribution in [3.63, 3.8) is 0 Å². The highest BCUT2D eigenvalue weighted by molar-refractivity contribution is 6.75. The molecule has 0 aliphatic carbocycles. The van der Waals surface area contributed by atoms with Gasteiger partial charge in [-0.25, -0.2) is 4.42 Å². The third-order valence-corrected chi connectivity index (χ3v) is 0. The number of halogens is 1. The van der Waals surface area contributed by atoms with Gasteiger partial charge < -0.3 is 0 Å². The molecular weight excluding hydrogens is 130 g/mol. The maximum absolute atomic E-state index is 5.11. The van der Waals surface area contributed by atoms with E-state index < -0.39 is 0 Å². The summed E-state index contributed by atoms with van der Waals surface area (Å²) in [6, 6.07) is 0. The smallest absolute Gasteiger partial charge is 0.00209 e. The van der Waals surface area contributed by atoms with E-state index in [4.69, 9.17) is 11.8 Å². The number of nitrogens with zero attached hydrogens (tertiary/aromatic N) is 1. The average molecular weight is 142 g/mol. The summed E-state index contributed by atoms with van der Waals surface area (Å²) in [6.45, 7) is 0. The van der Waals surface area contributed by atoms with Crippen LogP contribution in [0.4, 0.5) is 0 Å². The third kappa shape index (κ3) is 136. The summed E-state index contributed by atoms with van der Waals surface area (Å²) >= 11 is 5.11. The molecule has 0 amide bonds. The molecular formula is C2H12ClNSi2. The lowest BCUT2D eigenvalue weighted by Gasteiger charge is -1.85. The number of hydrogen-bond donors (Lipinski definition) is 0. The Morgan fingerprint density at radius 2 is 1.33 bits per heavy atom. The molecule has 0 rings (SSSR count). The van der Waals surface area contributed by atoms with Gasteiger partial charge in [0.2, 0.25) is 0 Å². The minimum Gasteiger partial charge on any atom is -0.226 e. The second-order valence-corrected chi connectivity index (χ2v) is 1.46. The van der Waals surface area contributed by atoms with Gasteiger partial charge in [0.15, 0.2) is 0 Å². The number of hydrogen-bond acceptors (Lipinski definition) is 1. The molecule has 0 N–H and O–H groups in total. The first kappa shape index (κ1) is 9.84. The van der Waals surface area contributed by atoms with E-state index in [2.05, 4.69) is 0 Å². The predicted molar refractivity (Wildman–Crippen MR) is 39.4 cm³/mol. The fourth-order valence-corrected chi connectivity index (χ4v) is 0. The zero-order chi connectivity index (χ0) is 5.58. The normalized spacial score (nSPS) is 8.00. The van der Waals surface area contributed by atoms with Crippen molar-refractivity contribution >= 4 is 31.3 Å². The SMILES string of the molecule is CN(C)Cl.[SiH3][SiH3]. The summed E-state index contributed by atoms with van der Waals surface area (Å²) < 4.78 is 1.47. The Hall–Kier alpha value is 0.684. The van der Waals surface area contributed by atoms with Crippen LogP contribution in [-0.4, -0.2) is 38.0 Å². The van der Waals surface area contributed by atoms with Crippen molar-refractivity contribution in [3.8, 4) is 0 Å². The summed E-state index contributed by atoms with van der Waals surface area (Å²) in [6.07, 6.45) is 0. The molecule has 0 heterocycles. The summed E-state index contributed by atoms with van der Waals surface area (Å²) in [5.74, 6) is 0. The Labute approximate surface area is 50.4 Å². The van der Waals surface area contributed by atoms with Gasteiger partial charge in [-0.2, -0.15) is 0 Å². The van der Waals surface area contributed by atoms with E-state index in [1.54, 1.807) is 14.1 Å². The van der Waals surface area contributed by atoms with E-state index in [0.717, 1.165) is 0 Å². The molecule has 0 radical (unpaired) electrons. The van der Waals surface area contributed by atoms with Crippen LogP contribution in [0, 0.1) is 0 Å². The molecule has 0 aliphatic rings. The van der Waals surface area contributed by atoms with E-state index in [0.29, 0.717) is 0 Å². The molecule has 0 saturated heterocycles. The first-order chi connectivity index (χ1) is 2.73. The van der Waals surface area contributed by atoms with Crippen molar-refractivity contribution in [1.29, 1.82) is 0 Å². The Kier molecular flexibility index (Phi) is 15.1. The Morgan fingerprint density at radius 3 is 1.33 bits per heavy atom. The third-order valence-electron chi connectivity index (χ3n) is 0. The molecule has 1 nitrogen and oxygen atoms in total. The zero-order valence-electron chi connectivity index (χ0n) is 4.83. The van der Waals surface area contributed by atoms with E-state index in [-0.39, 0.29) is 0 Å². The highest BCUT2D eigenvalue weighted by Gasteiger charge is 1.62. The van der Waals surface area contributed by atoms with Crippen molar-refractivity contribution in [1.82, 2.24) is 4.42 Å². The predicted octanol–water partition coefficient (Wildman–Crippen LogP) is -1.67. The van der Waals surface area contributed by atoms with E-state index in [1.165, 1.54) is 23.9 Å². The van der Waals surface area contributed by atoms with Crippen LogP contribution in [-0.2, 0) is 0 Å². The Balaban J connectivity index is 0. The molecule has 40 valence electrons. The fourth-order valence-electron chi connectivity index (χ4n) is 0. The number of rotatable bonds is 0. The van der Waals surface area contributed by atoms with E-state index in [1.807, 2.05) is 0 Å². The first-order valence-corrected chi connectivity index (χ1v) is 10.4.